The van der Waals surface area contributed by atoms with E-state index in [1.54, 1.807) is 13.1 Å². The third-order valence-electron chi connectivity index (χ3n) is 2.94. The third kappa shape index (κ3) is 5.75. The number of hydrogen-bond acceptors (Lipinski definition) is 1. The normalized spacial score (nSPS) is 14.8. The minimum Gasteiger partial charge on any atom is -0.356 e. The summed E-state index contributed by atoms with van der Waals surface area (Å²) in [5.74, 6) is 1.63. The highest BCUT2D eigenvalue weighted by Crippen LogP contribution is 2.27. The fourth-order valence-corrected chi connectivity index (χ4v) is 2.10. The molecule has 0 bridgehead atoms. The quantitative estimate of drug-likeness (QED) is 0.448. The van der Waals surface area contributed by atoms with E-state index in [2.05, 4.69) is 15.6 Å². The maximum Gasteiger partial charge on any atom is 0.191 e. The first kappa shape index (κ1) is 16.9. The fraction of sp³-hybridized carbons (Fsp3) is 0.462. The Labute approximate surface area is 141 Å². The van der Waals surface area contributed by atoms with Gasteiger partial charge in [-0.25, -0.2) is 0 Å². The van der Waals surface area contributed by atoms with Crippen LogP contribution in [0.5, 0.6) is 0 Å². The van der Waals surface area contributed by atoms with Crippen molar-refractivity contribution in [1.82, 2.24) is 10.6 Å². The molecule has 0 heterocycles. The Balaban J connectivity index is 0.00000180. The Morgan fingerprint density at radius 1 is 1.32 bits per heavy atom. The van der Waals surface area contributed by atoms with Gasteiger partial charge >= 0.3 is 0 Å². The molecule has 2 rings (SSSR count). The van der Waals surface area contributed by atoms with Gasteiger partial charge in [-0.2, -0.15) is 0 Å². The molecule has 0 radical (unpaired) electrons. The molecule has 0 aromatic heterocycles. The van der Waals surface area contributed by atoms with Crippen molar-refractivity contribution in [1.29, 1.82) is 0 Å². The molecule has 3 nitrogen and oxygen atoms in total. The van der Waals surface area contributed by atoms with Gasteiger partial charge in [-0.05, 0) is 36.5 Å². The van der Waals surface area contributed by atoms with Crippen molar-refractivity contribution in [3.05, 3.63) is 33.8 Å². The van der Waals surface area contributed by atoms with Crippen molar-refractivity contribution in [2.75, 3.05) is 13.6 Å². The third-order valence-corrected chi connectivity index (χ3v) is 3.53. The highest BCUT2D eigenvalue weighted by atomic mass is 127. The molecule has 1 saturated carbocycles. The smallest absolute Gasteiger partial charge is 0.191 e. The van der Waals surface area contributed by atoms with Gasteiger partial charge in [0.25, 0.3) is 0 Å². The van der Waals surface area contributed by atoms with E-state index in [1.807, 2.05) is 12.1 Å². The van der Waals surface area contributed by atoms with Crippen LogP contribution in [-0.2, 0) is 6.54 Å². The van der Waals surface area contributed by atoms with Gasteiger partial charge in [0.1, 0.15) is 0 Å². The van der Waals surface area contributed by atoms with E-state index in [0.29, 0.717) is 16.6 Å². The van der Waals surface area contributed by atoms with Gasteiger partial charge in [0.05, 0.1) is 0 Å². The highest BCUT2D eigenvalue weighted by Gasteiger charge is 2.21. The Morgan fingerprint density at radius 3 is 2.63 bits per heavy atom. The monoisotopic (exact) mass is 413 g/mol. The average molecular weight is 414 g/mol. The molecular formula is C13H18Cl2IN3. The van der Waals surface area contributed by atoms with Crippen molar-refractivity contribution in [2.45, 2.75) is 19.4 Å². The Bertz CT molecular complexity index is 448. The molecule has 0 unspecified atom stereocenters. The standard InChI is InChI=1S/C13H17Cl2N3.HI/c1-16-13(17-7-9-2-3-9)18-8-10-4-5-11(14)6-12(10)15;/h4-6,9H,2-3,7-8H2,1H3,(H2,16,17,18);1H. The van der Waals surface area contributed by atoms with Crippen LogP contribution in [-0.4, -0.2) is 19.6 Å². The Hall–Kier alpha value is -0.200. The number of guanidine groups is 1. The highest BCUT2D eigenvalue weighted by molar-refractivity contribution is 14.0. The van der Waals surface area contributed by atoms with Crippen LogP contribution >= 0.6 is 47.2 Å². The number of nitrogens with one attached hydrogen (secondary N) is 2. The number of rotatable bonds is 4. The van der Waals surface area contributed by atoms with E-state index >= 15 is 0 Å². The molecule has 0 amide bonds. The summed E-state index contributed by atoms with van der Waals surface area (Å²) in [6, 6.07) is 5.51. The van der Waals surface area contributed by atoms with Crippen molar-refractivity contribution >= 4 is 53.1 Å². The van der Waals surface area contributed by atoms with E-state index in [1.165, 1.54) is 12.8 Å². The first-order valence-corrected chi connectivity index (χ1v) is 6.83. The number of nitrogens with zero attached hydrogens (tertiary/aromatic N) is 1. The van der Waals surface area contributed by atoms with Gasteiger partial charge in [0.15, 0.2) is 5.96 Å². The molecule has 1 aliphatic rings. The molecule has 2 N–H and O–H groups in total. The van der Waals surface area contributed by atoms with Crippen molar-refractivity contribution in [3.8, 4) is 0 Å². The lowest BCUT2D eigenvalue weighted by Crippen LogP contribution is -2.37. The molecule has 0 saturated heterocycles. The Kier molecular flexibility index (Phi) is 7.25. The minimum atomic E-state index is 0. The van der Waals surface area contributed by atoms with Crippen LogP contribution < -0.4 is 10.6 Å². The largest absolute Gasteiger partial charge is 0.356 e. The lowest BCUT2D eigenvalue weighted by atomic mass is 10.2. The summed E-state index contributed by atoms with van der Waals surface area (Å²) >= 11 is 12.0. The summed E-state index contributed by atoms with van der Waals surface area (Å²) in [6.07, 6.45) is 2.65. The van der Waals surface area contributed by atoms with Gasteiger partial charge in [0, 0.05) is 30.2 Å². The van der Waals surface area contributed by atoms with E-state index in [0.717, 1.165) is 24.0 Å². The van der Waals surface area contributed by atoms with Crippen LogP contribution in [0.3, 0.4) is 0 Å². The van der Waals surface area contributed by atoms with Gasteiger partial charge in [-0.1, -0.05) is 29.3 Å². The maximum atomic E-state index is 6.11. The number of benzene rings is 1. The average Bonchev–Trinajstić information content (AvgIpc) is 3.15. The van der Waals surface area contributed by atoms with Crippen LogP contribution in [0.1, 0.15) is 18.4 Å². The first-order valence-electron chi connectivity index (χ1n) is 6.07. The van der Waals surface area contributed by atoms with E-state index in [4.69, 9.17) is 23.2 Å². The van der Waals surface area contributed by atoms with Crippen molar-refractivity contribution in [3.63, 3.8) is 0 Å². The van der Waals surface area contributed by atoms with Crippen LogP contribution in [0.15, 0.2) is 23.2 Å². The van der Waals surface area contributed by atoms with Gasteiger partial charge in [-0.3, -0.25) is 4.99 Å². The van der Waals surface area contributed by atoms with E-state index in [-0.39, 0.29) is 24.0 Å². The SMILES string of the molecule is CN=C(NCc1ccc(Cl)cc1Cl)NCC1CC1.I. The second-order valence-electron chi connectivity index (χ2n) is 4.49. The lowest BCUT2D eigenvalue weighted by molar-refractivity contribution is 0.737. The molecule has 0 atom stereocenters. The molecule has 0 aliphatic heterocycles. The second kappa shape index (κ2) is 8.17. The van der Waals surface area contributed by atoms with Gasteiger partial charge in [0.2, 0.25) is 0 Å². The van der Waals surface area contributed by atoms with E-state index in [9.17, 15) is 0 Å². The maximum absolute atomic E-state index is 6.11. The topological polar surface area (TPSA) is 36.4 Å². The van der Waals surface area contributed by atoms with Gasteiger partial charge < -0.3 is 10.6 Å². The summed E-state index contributed by atoms with van der Waals surface area (Å²) in [5, 5.41) is 7.87. The summed E-state index contributed by atoms with van der Waals surface area (Å²) in [4.78, 5) is 4.18. The summed E-state index contributed by atoms with van der Waals surface area (Å²) in [6.45, 7) is 1.63. The molecule has 0 spiro atoms. The summed E-state index contributed by atoms with van der Waals surface area (Å²) < 4.78 is 0. The van der Waals surface area contributed by atoms with Gasteiger partial charge in [-0.15, -0.1) is 24.0 Å². The Morgan fingerprint density at radius 2 is 2.05 bits per heavy atom. The molecule has 1 fully saturated rings. The zero-order valence-corrected chi connectivity index (χ0v) is 14.6. The molecule has 6 heteroatoms. The molecule has 106 valence electrons. The molecular weight excluding hydrogens is 396 g/mol. The van der Waals surface area contributed by atoms with Crippen LogP contribution in [0, 0.1) is 5.92 Å². The van der Waals surface area contributed by atoms with Crippen LogP contribution in [0.2, 0.25) is 10.0 Å². The predicted octanol–water partition coefficient (Wildman–Crippen LogP) is 3.69. The molecule has 19 heavy (non-hydrogen) atoms. The molecule has 1 aromatic rings. The summed E-state index contributed by atoms with van der Waals surface area (Å²) in [5.41, 5.74) is 1.01. The van der Waals surface area contributed by atoms with E-state index < -0.39 is 0 Å². The van der Waals surface area contributed by atoms with Crippen LogP contribution in [0.25, 0.3) is 0 Å². The number of halogens is 3. The lowest BCUT2D eigenvalue weighted by Gasteiger charge is -2.12. The first-order chi connectivity index (χ1) is 8.69. The molecule has 1 aliphatic carbocycles. The zero-order chi connectivity index (χ0) is 13.0. The van der Waals surface area contributed by atoms with Crippen molar-refractivity contribution < 1.29 is 0 Å². The zero-order valence-electron chi connectivity index (χ0n) is 10.7. The van der Waals surface area contributed by atoms with Crippen molar-refractivity contribution in [2.24, 2.45) is 10.9 Å². The number of hydrogen-bond donors (Lipinski definition) is 2. The summed E-state index contributed by atoms with van der Waals surface area (Å²) in [7, 11) is 1.77. The molecule has 1 aromatic carbocycles. The number of aliphatic imine (C=N–C) groups is 1. The minimum absolute atomic E-state index is 0. The fourth-order valence-electron chi connectivity index (χ4n) is 1.63. The second-order valence-corrected chi connectivity index (χ2v) is 5.33. The predicted molar refractivity (Wildman–Crippen MR) is 92.8 cm³/mol. The van der Waals surface area contributed by atoms with Crippen LogP contribution in [0.4, 0.5) is 0 Å².